The Labute approximate surface area is 146 Å². The van der Waals surface area contributed by atoms with Crippen LogP contribution >= 0.6 is 0 Å². The van der Waals surface area contributed by atoms with Gasteiger partial charge in [-0.2, -0.15) is 5.10 Å². The Morgan fingerprint density at radius 3 is 2.72 bits per heavy atom. The van der Waals surface area contributed by atoms with E-state index in [2.05, 4.69) is 25.7 Å². The molecule has 8 nitrogen and oxygen atoms in total. The molecule has 0 saturated carbocycles. The average molecular weight is 341 g/mol. The number of hydrogen-bond donors (Lipinski definition) is 2. The smallest absolute Gasteiger partial charge is 0.315 e. The second kappa shape index (κ2) is 6.54. The molecule has 0 fully saturated rings. The molecule has 0 unspecified atom stereocenters. The number of carbonyl (C=O) groups excluding carboxylic acids is 1. The number of imidazole rings is 1. The van der Waals surface area contributed by atoms with Gasteiger partial charge in [0.2, 0.25) is 0 Å². The average Bonchev–Trinajstić information content (AvgIpc) is 3.14. The predicted octanol–water partition coefficient (Wildman–Crippen LogP) is 1.99. The molecule has 0 aliphatic carbocycles. The summed E-state index contributed by atoms with van der Waals surface area (Å²) in [6.07, 6.45) is 3.44. The third-order valence-corrected chi connectivity index (χ3v) is 3.91. The highest BCUT2D eigenvalue weighted by Crippen LogP contribution is 2.14. The highest BCUT2D eigenvalue weighted by molar-refractivity contribution is 5.73. The molecular formula is C17H23N7O. The van der Waals surface area contributed by atoms with Gasteiger partial charge in [0, 0.05) is 6.20 Å². The quantitative estimate of drug-likeness (QED) is 0.759. The van der Waals surface area contributed by atoms with Crippen molar-refractivity contribution >= 4 is 11.7 Å². The summed E-state index contributed by atoms with van der Waals surface area (Å²) in [5.41, 5.74) is 2.55. The minimum absolute atomic E-state index is 0.183. The zero-order chi connectivity index (χ0) is 18.0. The van der Waals surface area contributed by atoms with E-state index in [0.29, 0.717) is 18.9 Å². The number of amides is 2. The number of fused-ring (bicyclic) bond motifs is 1. The number of nitrogens with zero attached hydrogens (tertiary/aromatic N) is 5. The molecule has 3 rings (SSSR count). The zero-order valence-corrected chi connectivity index (χ0v) is 14.9. The minimum Gasteiger partial charge on any atom is -0.332 e. The second-order valence-corrected chi connectivity index (χ2v) is 6.87. The Morgan fingerprint density at radius 1 is 1.20 bits per heavy atom. The first kappa shape index (κ1) is 16.9. The first-order chi connectivity index (χ1) is 11.9. The zero-order valence-electron chi connectivity index (χ0n) is 14.9. The molecule has 0 aliphatic rings. The third kappa shape index (κ3) is 3.62. The number of aryl methyl sites for hydroxylation is 1. The Kier molecular flexibility index (Phi) is 4.43. The molecule has 0 bridgehead atoms. The van der Waals surface area contributed by atoms with Crippen LogP contribution < -0.4 is 10.6 Å². The van der Waals surface area contributed by atoms with Crippen molar-refractivity contribution in [3.05, 3.63) is 47.9 Å². The van der Waals surface area contributed by atoms with Gasteiger partial charge in [-0.25, -0.2) is 19.4 Å². The van der Waals surface area contributed by atoms with E-state index in [1.54, 1.807) is 0 Å². The number of nitrogens with one attached hydrogen (secondary N) is 2. The van der Waals surface area contributed by atoms with Gasteiger partial charge in [0.05, 0.1) is 30.0 Å². The molecule has 25 heavy (non-hydrogen) atoms. The van der Waals surface area contributed by atoms with Gasteiger partial charge < -0.3 is 15.0 Å². The summed E-state index contributed by atoms with van der Waals surface area (Å²) in [5, 5.41) is 9.91. The van der Waals surface area contributed by atoms with Crippen LogP contribution in [0.25, 0.3) is 5.65 Å². The number of urea groups is 1. The van der Waals surface area contributed by atoms with Crippen LogP contribution in [0.2, 0.25) is 0 Å². The number of carbonyl (C=O) groups is 1. The van der Waals surface area contributed by atoms with Crippen molar-refractivity contribution in [3.63, 3.8) is 0 Å². The second-order valence-electron chi connectivity index (χ2n) is 6.87. The molecule has 0 aliphatic heterocycles. The third-order valence-electron chi connectivity index (χ3n) is 3.91. The largest absolute Gasteiger partial charge is 0.332 e. The van der Waals surface area contributed by atoms with Crippen molar-refractivity contribution in [2.45, 2.75) is 46.3 Å². The van der Waals surface area contributed by atoms with E-state index in [4.69, 9.17) is 0 Å². The Balaban J connectivity index is 1.60. The maximum Gasteiger partial charge on any atom is 0.315 e. The van der Waals surface area contributed by atoms with Gasteiger partial charge in [-0.1, -0.05) is 6.07 Å². The molecule has 3 aromatic rings. The molecule has 2 amide bonds. The maximum atomic E-state index is 12.1. The van der Waals surface area contributed by atoms with Gasteiger partial charge in [0.1, 0.15) is 17.8 Å². The van der Waals surface area contributed by atoms with Crippen LogP contribution in [0.5, 0.6) is 0 Å². The summed E-state index contributed by atoms with van der Waals surface area (Å²) >= 11 is 0. The van der Waals surface area contributed by atoms with Crippen molar-refractivity contribution in [1.82, 2.24) is 34.8 Å². The molecule has 0 radical (unpaired) electrons. The van der Waals surface area contributed by atoms with Crippen LogP contribution in [0.15, 0.2) is 30.7 Å². The summed E-state index contributed by atoms with van der Waals surface area (Å²) in [7, 11) is 0. The molecule has 3 aromatic heterocycles. The highest BCUT2D eigenvalue weighted by Gasteiger charge is 2.18. The van der Waals surface area contributed by atoms with Gasteiger partial charge in [0.25, 0.3) is 0 Å². The van der Waals surface area contributed by atoms with E-state index in [0.717, 1.165) is 17.0 Å². The fourth-order valence-corrected chi connectivity index (χ4v) is 2.71. The lowest BCUT2D eigenvalue weighted by Crippen LogP contribution is -2.36. The summed E-state index contributed by atoms with van der Waals surface area (Å²) in [6.45, 7) is 8.77. The van der Waals surface area contributed by atoms with Crippen molar-refractivity contribution in [2.24, 2.45) is 0 Å². The lowest BCUT2D eigenvalue weighted by molar-refractivity contribution is 0.238. The summed E-state index contributed by atoms with van der Waals surface area (Å²) < 4.78 is 3.79. The SMILES string of the molecule is Cc1nc2ccccn2c1CNC(=O)NCc1ncnn1C(C)(C)C. The minimum atomic E-state index is -0.256. The molecule has 2 N–H and O–H groups in total. The lowest BCUT2D eigenvalue weighted by Gasteiger charge is -2.21. The van der Waals surface area contributed by atoms with Crippen LogP contribution in [0, 0.1) is 6.92 Å². The number of pyridine rings is 1. The van der Waals surface area contributed by atoms with Gasteiger partial charge in [-0.3, -0.25) is 0 Å². The monoisotopic (exact) mass is 341 g/mol. The molecule has 0 spiro atoms. The summed E-state index contributed by atoms with van der Waals surface area (Å²) in [5.74, 6) is 0.716. The first-order valence-electron chi connectivity index (χ1n) is 8.20. The molecule has 0 atom stereocenters. The van der Waals surface area contributed by atoms with Crippen LogP contribution in [0.3, 0.4) is 0 Å². The van der Waals surface area contributed by atoms with Gasteiger partial charge >= 0.3 is 6.03 Å². The Hall–Kier alpha value is -2.90. The van der Waals surface area contributed by atoms with E-state index in [9.17, 15) is 4.79 Å². The summed E-state index contributed by atoms with van der Waals surface area (Å²) in [4.78, 5) is 20.8. The maximum absolute atomic E-state index is 12.1. The van der Waals surface area contributed by atoms with Gasteiger partial charge in [-0.15, -0.1) is 0 Å². The number of rotatable bonds is 4. The van der Waals surface area contributed by atoms with Crippen molar-refractivity contribution in [3.8, 4) is 0 Å². The van der Waals surface area contributed by atoms with Crippen LogP contribution in [-0.2, 0) is 18.6 Å². The fourth-order valence-electron chi connectivity index (χ4n) is 2.71. The molecule has 8 heteroatoms. The molecule has 0 saturated heterocycles. The first-order valence-corrected chi connectivity index (χ1v) is 8.20. The number of hydrogen-bond acceptors (Lipinski definition) is 4. The van der Waals surface area contributed by atoms with E-state index >= 15 is 0 Å². The molecule has 3 heterocycles. The number of aromatic nitrogens is 5. The van der Waals surface area contributed by atoms with Crippen molar-refractivity contribution in [1.29, 1.82) is 0 Å². The standard InChI is InChI=1S/C17H23N7O/c1-12-13(23-8-6-5-7-14(23)22-12)9-18-16(25)19-10-15-20-11-21-24(15)17(2,3)4/h5-8,11H,9-10H2,1-4H3,(H2,18,19,25). The molecule has 0 aromatic carbocycles. The van der Waals surface area contributed by atoms with E-state index < -0.39 is 0 Å². The van der Waals surface area contributed by atoms with Crippen molar-refractivity contribution < 1.29 is 4.79 Å². The fraction of sp³-hybridized carbons (Fsp3) is 0.412. The lowest BCUT2D eigenvalue weighted by atomic mass is 10.1. The topological polar surface area (TPSA) is 89.1 Å². The highest BCUT2D eigenvalue weighted by atomic mass is 16.2. The van der Waals surface area contributed by atoms with Gasteiger partial charge in [-0.05, 0) is 39.8 Å². The Bertz CT molecular complexity index is 888. The summed E-state index contributed by atoms with van der Waals surface area (Å²) in [6, 6.07) is 5.57. The van der Waals surface area contributed by atoms with E-state index in [1.807, 2.05) is 61.2 Å². The van der Waals surface area contributed by atoms with E-state index in [1.165, 1.54) is 6.33 Å². The van der Waals surface area contributed by atoms with Gasteiger partial charge in [0.15, 0.2) is 0 Å². The van der Waals surface area contributed by atoms with E-state index in [-0.39, 0.29) is 11.6 Å². The van der Waals surface area contributed by atoms with Crippen molar-refractivity contribution in [2.75, 3.05) is 0 Å². The molecule has 132 valence electrons. The Morgan fingerprint density at radius 2 is 1.96 bits per heavy atom. The molecular weight excluding hydrogens is 318 g/mol. The van der Waals surface area contributed by atoms with Crippen LogP contribution in [-0.4, -0.2) is 30.2 Å². The predicted molar refractivity (Wildman–Crippen MR) is 94.0 cm³/mol. The van der Waals surface area contributed by atoms with Crippen LogP contribution in [0.1, 0.15) is 38.0 Å². The normalized spacial score (nSPS) is 11.7. The van der Waals surface area contributed by atoms with Crippen LogP contribution in [0.4, 0.5) is 4.79 Å².